The van der Waals surface area contributed by atoms with Gasteiger partial charge in [0, 0.05) is 10.3 Å². The molecular formula is C16H18N2O4S. The number of carboxylic acids is 1. The average Bonchev–Trinajstić information content (AvgIpc) is 2.90. The van der Waals surface area contributed by atoms with Crippen molar-refractivity contribution in [2.24, 2.45) is 0 Å². The molecule has 0 bridgehead atoms. The van der Waals surface area contributed by atoms with E-state index in [1.807, 2.05) is 26.0 Å². The number of aliphatic carboxylic acids is 1. The first-order valence-corrected chi connectivity index (χ1v) is 8.24. The third-order valence-electron chi connectivity index (χ3n) is 4.27. The Morgan fingerprint density at radius 2 is 2.00 bits per heavy atom. The van der Waals surface area contributed by atoms with Crippen molar-refractivity contribution in [1.29, 1.82) is 0 Å². The number of benzene rings is 1. The SMILES string of the molecule is C[C@@H](NC(=O)[C@H]1N2C(=O)c3ccccc3[C@@H]2SC1(C)C)C(=O)O. The fourth-order valence-corrected chi connectivity index (χ4v) is 4.75. The highest BCUT2D eigenvalue weighted by Gasteiger charge is 2.57. The summed E-state index contributed by atoms with van der Waals surface area (Å²) in [5.74, 6) is -1.71. The molecule has 0 unspecified atom stereocenters. The van der Waals surface area contributed by atoms with Crippen LogP contribution < -0.4 is 5.32 Å². The highest BCUT2D eigenvalue weighted by Crippen LogP contribution is 2.56. The lowest BCUT2D eigenvalue weighted by Gasteiger charge is -2.30. The highest BCUT2D eigenvalue weighted by atomic mass is 32.2. The zero-order valence-electron chi connectivity index (χ0n) is 13.1. The number of hydrogen-bond donors (Lipinski definition) is 2. The summed E-state index contributed by atoms with van der Waals surface area (Å²) >= 11 is 1.55. The molecule has 0 saturated carbocycles. The minimum absolute atomic E-state index is 0.174. The molecule has 0 spiro atoms. The van der Waals surface area contributed by atoms with Gasteiger partial charge in [0.1, 0.15) is 17.5 Å². The summed E-state index contributed by atoms with van der Waals surface area (Å²) in [4.78, 5) is 37.9. The summed E-state index contributed by atoms with van der Waals surface area (Å²) in [5, 5.41) is 11.3. The Bertz CT molecular complexity index is 703. The number of hydrogen-bond acceptors (Lipinski definition) is 4. The summed E-state index contributed by atoms with van der Waals surface area (Å²) in [6.07, 6.45) is 0. The number of amides is 2. The van der Waals surface area contributed by atoms with Crippen LogP contribution in [0.2, 0.25) is 0 Å². The lowest BCUT2D eigenvalue weighted by Crippen LogP contribution is -2.55. The number of rotatable bonds is 3. The maximum absolute atomic E-state index is 12.7. The lowest BCUT2D eigenvalue weighted by atomic mass is 10.0. The van der Waals surface area contributed by atoms with E-state index < -0.39 is 28.7 Å². The number of carbonyl (C=O) groups is 3. The molecule has 1 aromatic carbocycles. The summed E-state index contributed by atoms with van der Waals surface area (Å²) in [6.45, 7) is 5.22. The fraction of sp³-hybridized carbons (Fsp3) is 0.438. The van der Waals surface area contributed by atoms with Crippen molar-refractivity contribution >= 4 is 29.5 Å². The summed E-state index contributed by atoms with van der Waals surface area (Å²) in [6, 6.07) is 5.64. The van der Waals surface area contributed by atoms with Gasteiger partial charge >= 0.3 is 5.97 Å². The molecule has 2 N–H and O–H groups in total. The van der Waals surface area contributed by atoms with Gasteiger partial charge in [0.25, 0.3) is 5.91 Å². The van der Waals surface area contributed by atoms with Crippen LogP contribution in [0.15, 0.2) is 24.3 Å². The van der Waals surface area contributed by atoms with Crippen LogP contribution in [0.3, 0.4) is 0 Å². The van der Waals surface area contributed by atoms with E-state index >= 15 is 0 Å². The Balaban J connectivity index is 1.94. The lowest BCUT2D eigenvalue weighted by molar-refractivity contribution is -0.142. The van der Waals surface area contributed by atoms with Gasteiger partial charge in [0.15, 0.2) is 0 Å². The Kier molecular flexibility index (Phi) is 3.63. The molecule has 3 rings (SSSR count). The number of thioether (sulfide) groups is 1. The van der Waals surface area contributed by atoms with Crippen LogP contribution in [0.25, 0.3) is 0 Å². The van der Waals surface area contributed by atoms with Crippen LogP contribution in [-0.2, 0) is 9.59 Å². The standard InChI is InChI=1S/C16H18N2O4S/c1-8(15(21)22)17-12(19)11-16(2,3)23-14-10-7-5-4-6-9(10)13(20)18(11)14/h4-8,11,14H,1-3H3,(H,17,19)(H,21,22)/t8-,11-,14+/m1/s1. The molecule has 1 fully saturated rings. The van der Waals surface area contributed by atoms with Gasteiger partial charge in [-0.3, -0.25) is 14.4 Å². The van der Waals surface area contributed by atoms with Gasteiger partial charge in [0.05, 0.1) is 0 Å². The molecule has 2 aliphatic heterocycles. The second kappa shape index (κ2) is 5.26. The smallest absolute Gasteiger partial charge is 0.325 e. The number of carboxylic acid groups (broad SMARTS) is 1. The van der Waals surface area contributed by atoms with Crippen molar-refractivity contribution in [3.63, 3.8) is 0 Å². The molecule has 0 radical (unpaired) electrons. The topological polar surface area (TPSA) is 86.7 Å². The van der Waals surface area contributed by atoms with Gasteiger partial charge in [-0.25, -0.2) is 0 Å². The molecule has 122 valence electrons. The van der Waals surface area contributed by atoms with E-state index in [-0.39, 0.29) is 11.3 Å². The van der Waals surface area contributed by atoms with E-state index in [1.165, 1.54) is 6.92 Å². The molecule has 0 aromatic heterocycles. The van der Waals surface area contributed by atoms with E-state index in [4.69, 9.17) is 5.11 Å². The summed E-state index contributed by atoms with van der Waals surface area (Å²) < 4.78 is -0.504. The first kappa shape index (κ1) is 15.9. The molecule has 2 aliphatic rings. The first-order chi connectivity index (χ1) is 10.7. The Labute approximate surface area is 138 Å². The maximum Gasteiger partial charge on any atom is 0.325 e. The summed E-state index contributed by atoms with van der Waals surface area (Å²) in [5.41, 5.74) is 1.53. The van der Waals surface area contributed by atoms with Crippen molar-refractivity contribution in [3.8, 4) is 0 Å². The molecule has 1 saturated heterocycles. The molecule has 6 nitrogen and oxygen atoms in total. The Morgan fingerprint density at radius 3 is 2.65 bits per heavy atom. The van der Waals surface area contributed by atoms with Crippen molar-refractivity contribution in [1.82, 2.24) is 10.2 Å². The van der Waals surface area contributed by atoms with Crippen molar-refractivity contribution in [2.75, 3.05) is 0 Å². The molecule has 2 heterocycles. The Hall–Kier alpha value is -2.02. The largest absolute Gasteiger partial charge is 0.480 e. The van der Waals surface area contributed by atoms with Crippen LogP contribution in [-0.4, -0.2) is 44.6 Å². The summed E-state index contributed by atoms with van der Waals surface area (Å²) in [7, 11) is 0. The Morgan fingerprint density at radius 1 is 1.35 bits per heavy atom. The maximum atomic E-state index is 12.7. The van der Waals surface area contributed by atoms with Crippen LogP contribution in [0.1, 0.15) is 42.1 Å². The third kappa shape index (κ3) is 2.39. The van der Waals surface area contributed by atoms with Gasteiger partial charge in [-0.15, -0.1) is 11.8 Å². The second-order valence-corrected chi connectivity index (χ2v) is 8.08. The van der Waals surface area contributed by atoms with Crippen molar-refractivity contribution in [2.45, 2.75) is 43.0 Å². The van der Waals surface area contributed by atoms with E-state index in [0.717, 1.165) is 5.56 Å². The quantitative estimate of drug-likeness (QED) is 0.877. The van der Waals surface area contributed by atoms with Gasteiger partial charge in [-0.05, 0) is 32.4 Å². The zero-order valence-corrected chi connectivity index (χ0v) is 13.9. The highest BCUT2D eigenvalue weighted by molar-refractivity contribution is 8.01. The van der Waals surface area contributed by atoms with Crippen LogP contribution in [0, 0.1) is 0 Å². The third-order valence-corrected chi connectivity index (χ3v) is 5.81. The minimum Gasteiger partial charge on any atom is -0.480 e. The van der Waals surface area contributed by atoms with E-state index in [1.54, 1.807) is 28.8 Å². The molecule has 7 heteroatoms. The molecule has 0 aliphatic carbocycles. The molecular weight excluding hydrogens is 316 g/mol. The van der Waals surface area contributed by atoms with E-state index in [9.17, 15) is 14.4 Å². The molecule has 3 atom stereocenters. The molecule has 23 heavy (non-hydrogen) atoms. The van der Waals surface area contributed by atoms with Gasteiger partial charge in [0.2, 0.25) is 5.91 Å². The van der Waals surface area contributed by atoms with Crippen LogP contribution in [0.5, 0.6) is 0 Å². The van der Waals surface area contributed by atoms with Crippen molar-refractivity contribution in [3.05, 3.63) is 35.4 Å². The number of nitrogens with one attached hydrogen (secondary N) is 1. The second-order valence-electron chi connectivity index (χ2n) is 6.34. The monoisotopic (exact) mass is 334 g/mol. The van der Waals surface area contributed by atoms with Gasteiger partial charge < -0.3 is 15.3 Å². The number of carbonyl (C=O) groups excluding carboxylic acids is 2. The first-order valence-electron chi connectivity index (χ1n) is 7.36. The molecule has 2 amide bonds. The van der Waals surface area contributed by atoms with Crippen LogP contribution >= 0.6 is 11.8 Å². The number of nitrogens with zero attached hydrogens (tertiary/aromatic N) is 1. The predicted octanol–water partition coefficient (Wildman–Crippen LogP) is 1.62. The van der Waals surface area contributed by atoms with Gasteiger partial charge in [-0.2, -0.15) is 0 Å². The van der Waals surface area contributed by atoms with Gasteiger partial charge in [-0.1, -0.05) is 18.2 Å². The van der Waals surface area contributed by atoms with Crippen LogP contribution in [0.4, 0.5) is 0 Å². The molecule has 1 aromatic rings. The normalized spacial score (nSPS) is 25.7. The average molecular weight is 334 g/mol. The number of fused-ring (bicyclic) bond motifs is 3. The van der Waals surface area contributed by atoms with E-state index in [0.29, 0.717) is 5.56 Å². The predicted molar refractivity (Wildman–Crippen MR) is 86.1 cm³/mol. The van der Waals surface area contributed by atoms with Crippen molar-refractivity contribution < 1.29 is 19.5 Å². The zero-order chi connectivity index (χ0) is 16.9. The fourth-order valence-electron chi connectivity index (χ4n) is 3.16. The minimum atomic E-state index is -1.10. The van der Waals surface area contributed by atoms with E-state index in [2.05, 4.69) is 5.32 Å².